The zero-order valence-electron chi connectivity index (χ0n) is 12.5. The maximum Gasteiger partial charge on any atom is 0.228 e. The maximum atomic E-state index is 12.4. The molecule has 0 spiro atoms. The number of amides is 1. The molecule has 0 bridgehead atoms. The van der Waals surface area contributed by atoms with Crippen molar-refractivity contribution in [1.29, 1.82) is 0 Å². The minimum absolute atomic E-state index is 0. The molecule has 2 fully saturated rings. The first-order valence-electron chi connectivity index (χ1n) is 7.90. The summed E-state index contributed by atoms with van der Waals surface area (Å²) in [6.45, 7) is 2.74. The van der Waals surface area contributed by atoms with Gasteiger partial charge in [0.05, 0.1) is 5.92 Å². The standard InChI is InChI=1S/C17H24N2O.ClH/c20-17(15-12-18-13-15)19-11-5-10-16(19)9-4-8-14-6-2-1-3-7-14;/h1-3,6-7,15-16,18H,4-5,8-13H2;1H. The van der Waals surface area contributed by atoms with Crippen LogP contribution in [0, 0.1) is 5.92 Å². The molecule has 2 saturated heterocycles. The van der Waals surface area contributed by atoms with Crippen molar-refractivity contribution in [1.82, 2.24) is 10.2 Å². The van der Waals surface area contributed by atoms with Crippen molar-refractivity contribution >= 4 is 18.3 Å². The van der Waals surface area contributed by atoms with Crippen LogP contribution in [-0.4, -0.2) is 36.5 Å². The lowest BCUT2D eigenvalue weighted by atomic mass is 9.99. The van der Waals surface area contributed by atoms with E-state index in [-0.39, 0.29) is 18.3 Å². The Kier molecular flexibility index (Phi) is 6.07. The molecule has 1 amide bonds. The van der Waals surface area contributed by atoms with Gasteiger partial charge < -0.3 is 10.2 Å². The average Bonchev–Trinajstić information content (AvgIpc) is 2.86. The molecule has 0 saturated carbocycles. The van der Waals surface area contributed by atoms with Crippen molar-refractivity contribution in [2.45, 2.75) is 38.1 Å². The Balaban J connectivity index is 0.00000161. The number of rotatable bonds is 5. The Morgan fingerprint density at radius 1 is 1.24 bits per heavy atom. The van der Waals surface area contributed by atoms with Crippen LogP contribution in [0.25, 0.3) is 0 Å². The molecule has 1 aromatic carbocycles. The first-order valence-corrected chi connectivity index (χ1v) is 7.90. The maximum absolute atomic E-state index is 12.4. The minimum atomic E-state index is 0. The second kappa shape index (κ2) is 7.81. The highest BCUT2D eigenvalue weighted by Gasteiger charge is 2.35. The minimum Gasteiger partial charge on any atom is -0.339 e. The van der Waals surface area contributed by atoms with Crippen LogP contribution in [0.1, 0.15) is 31.2 Å². The molecule has 0 aromatic heterocycles. The summed E-state index contributed by atoms with van der Waals surface area (Å²) < 4.78 is 0. The number of halogens is 1. The molecule has 0 radical (unpaired) electrons. The first kappa shape index (κ1) is 16.3. The fourth-order valence-corrected chi connectivity index (χ4v) is 3.31. The Morgan fingerprint density at radius 2 is 2.00 bits per heavy atom. The normalized spacial score (nSPS) is 21.7. The van der Waals surface area contributed by atoms with Crippen molar-refractivity contribution in [2.24, 2.45) is 5.92 Å². The van der Waals surface area contributed by atoms with Crippen LogP contribution in [0.3, 0.4) is 0 Å². The second-order valence-electron chi connectivity index (χ2n) is 6.06. The fraction of sp³-hybridized carbons (Fsp3) is 0.588. The molecule has 21 heavy (non-hydrogen) atoms. The SMILES string of the molecule is Cl.O=C(C1CNC1)N1CCCC1CCCc1ccccc1. The number of hydrogen-bond acceptors (Lipinski definition) is 2. The van der Waals surface area contributed by atoms with Crippen LogP contribution in [0.15, 0.2) is 30.3 Å². The molecule has 0 aliphatic carbocycles. The highest BCUT2D eigenvalue weighted by Crippen LogP contribution is 2.25. The summed E-state index contributed by atoms with van der Waals surface area (Å²) in [7, 11) is 0. The highest BCUT2D eigenvalue weighted by molar-refractivity contribution is 5.85. The van der Waals surface area contributed by atoms with Crippen LogP contribution >= 0.6 is 12.4 Å². The smallest absolute Gasteiger partial charge is 0.228 e. The van der Waals surface area contributed by atoms with Gasteiger partial charge >= 0.3 is 0 Å². The molecular weight excluding hydrogens is 284 g/mol. The lowest BCUT2D eigenvalue weighted by Gasteiger charge is -2.33. The van der Waals surface area contributed by atoms with Crippen molar-refractivity contribution in [2.75, 3.05) is 19.6 Å². The monoisotopic (exact) mass is 308 g/mol. The third-order valence-electron chi connectivity index (χ3n) is 4.64. The number of hydrogen-bond donors (Lipinski definition) is 1. The largest absolute Gasteiger partial charge is 0.339 e. The van der Waals surface area contributed by atoms with Crippen LogP contribution in [0.2, 0.25) is 0 Å². The summed E-state index contributed by atoms with van der Waals surface area (Å²) in [6.07, 6.45) is 5.84. The molecule has 1 atom stereocenters. The van der Waals surface area contributed by atoms with Gasteiger partial charge in [-0.1, -0.05) is 30.3 Å². The van der Waals surface area contributed by atoms with E-state index in [4.69, 9.17) is 0 Å². The summed E-state index contributed by atoms with van der Waals surface area (Å²) in [5, 5.41) is 3.20. The fourth-order valence-electron chi connectivity index (χ4n) is 3.31. The van der Waals surface area contributed by atoms with Crippen molar-refractivity contribution in [3.63, 3.8) is 0 Å². The third-order valence-corrected chi connectivity index (χ3v) is 4.64. The molecule has 4 heteroatoms. The molecular formula is C17H25ClN2O. The predicted molar refractivity (Wildman–Crippen MR) is 87.7 cm³/mol. The Morgan fingerprint density at radius 3 is 2.67 bits per heavy atom. The molecule has 1 aromatic rings. The number of nitrogens with one attached hydrogen (secondary N) is 1. The second-order valence-corrected chi connectivity index (χ2v) is 6.06. The topological polar surface area (TPSA) is 32.3 Å². The Bertz CT molecular complexity index is 447. The number of aryl methyl sites for hydroxylation is 1. The molecule has 2 heterocycles. The molecule has 1 N–H and O–H groups in total. The zero-order chi connectivity index (χ0) is 13.8. The summed E-state index contributed by atoms with van der Waals surface area (Å²) in [6, 6.07) is 11.1. The van der Waals surface area contributed by atoms with Gasteiger partial charge in [0.25, 0.3) is 0 Å². The summed E-state index contributed by atoms with van der Waals surface area (Å²) in [4.78, 5) is 14.5. The lowest BCUT2D eigenvalue weighted by molar-refractivity contribution is -0.138. The van der Waals surface area contributed by atoms with E-state index in [2.05, 4.69) is 40.5 Å². The molecule has 2 aliphatic heterocycles. The Labute approximate surface area is 133 Å². The lowest BCUT2D eigenvalue weighted by Crippen LogP contribution is -2.53. The number of likely N-dealkylation sites (tertiary alicyclic amines) is 1. The average molecular weight is 309 g/mol. The molecule has 3 rings (SSSR count). The van der Waals surface area contributed by atoms with E-state index >= 15 is 0 Å². The molecule has 116 valence electrons. The van der Waals surface area contributed by atoms with Gasteiger partial charge in [0.15, 0.2) is 0 Å². The van der Waals surface area contributed by atoms with Crippen LogP contribution in [-0.2, 0) is 11.2 Å². The van der Waals surface area contributed by atoms with E-state index < -0.39 is 0 Å². The van der Waals surface area contributed by atoms with E-state index in [0.29, 0.717) is 11.9 Å². The predicted octanol–water partition coefficient (Wildman–Crippen LogP) is 2.64. The van der Waals surface area contributed by atoms with Gasteiger partial charge in [0.1, 0.15) is 0 Å². The molecule has 3 nitrogen and oxygen atoms in total. The Hall–Kier alpha value is -1.06. The van der Waals surface area contributed by atoms with Gasteiger partial charge in [0, 0.05) is 25.7 Å². The first-order chi connectivity index (χ1) is 9.84. The van der Waals surface area contributed by atoms with E-state index in [1.807, 2.05) is 0 Å². The van der Waals surface area contributed by atoms with Gasteiger partial charge in [-0.15, -0.1) is 12.4 Å². The third kappa shape index (κ3) is 3.98. The van der Waals surface area contributed by atoms with Gasteiger partial charge in [-0.05, 0) is 37.7 Å². The summed E-state index contributed by atoms with van der Waals surface area (Å²) in [5.41, 5.74) is 1.41. The zero-order valence-corrected chi connectivity index (χ0v) is 13.3. The van der Waals surface area contributed by atoms with Crippen LogP contribution < -0.4 is 5.32 Å². The van der Waals surface area contributed by atoms with E-state index in [1.165, 1.54) is 24.8 Å². The summed E-state index contributed by atoms with van der Waals surface area (Å²) >= 11 is 0. The number of carbonyl (C=O) groups excluding carboxylic acids is 1. The number of benzene rings is 1. The van der Waals surface area contributed by atoms with Crippen molar-refractivity contribution in [3.05, 3.63) is 35.9 Å². The van der Waals surface area contributed by atoms with E-state index in [9.17, 15) is 4.79 Å². The van der Waals surface area contributed by atoms with Crippen molar-refractivity contribution < 1.29 is 4.79 Å². The van der Waals surface area contributed by atoms with Gasteiger partial charge in [-0.2, -0.15) is 0 Å². The van der Waals surface area contributed by atoms with Crippen LogP contribution in [0.4, 0.5) is 0 Å². The number of nitrogens with zero attached hydrogens (tertiary/aromatic N) is 1. The molecule has 2 aliphatic rings. The van der Waals surface area contributed by atoms with Gasteiger partial charge in [0.2, 0.25) is 5.91 Å². The quantitative estimate of drug-likeness (QED) is 0.907. The van der Waals surface area contributed by atoms with E-state index in [1.54, 1.807) is 0 Å². The number of carbonyl (C=O) groups is 1. The van der Waals surface area contributed by atoms with E-state index in [0.717, 1.165) is 32.5 Å². The summed E-state index contributed by atoms with van der Waals surface area (Å²) in [5.74, 6) is 0.649. The van der Waals surface area contributed by atoms with Crippen molar-refractivity contribution in [3.8, 4) is 0 Å². The molecule has 1 unspecified atom stereocenters. The van der Waals surface area contributed by atoms with Gasteiger partial charge in [-0.3, -0.25) is 4.79 Å². The van der Waals surface area contributed by atoms with Gasteiger partial charge in [-0.25, -0.2) is 0 Å². The highest BCUT2D eigenvalue weighted by atomic mass is 35.5. The van der Waals surface area contributed by atoms with Crippen LogP contribution in [0.5, 0.6) is 0 Å².